The Hall–Kier alpha value is -1.36. The second-order valence-corrected chi connectivity index (χ2v) is 4.12. The van der Waals surface area contributed by atoms with Gasteiger partial charge in [-0.2, -0.15) is 0 Å². The number of hydrazine groups is 1. The lowest BCUT2D eigenvalue weighted by Crippen LogP contribution is -2.28. The van der Waals surface area contributed by atoms with Gasteiger partial charge in [-0.25, -0.2) is 9.82 Å². The van der Waals surface area contributed by atoms with Crippen LogP contribution in [0.2, 0.25) is 5.22 Å². The molecule has 0 saturated carbocycles. The molecule has 1 unspecified atom stereocenters. The zero-order valence-electron chi connectivity index (χ0n) is 9.21. The van der Waals surface area contributed by atoms with Crippen LogP contribution in [0.15, 0.2) is 34.7 Å². The molecule has 0 spiro atoms. The van der Waals surface area contributed by atoms with Gasteiger partial charge in [-0.15, -0.1) is 0 Å². The van der Waals surface area contributed by atoms with E-state index in [0.29, 0.717) is 16.5 Å². The first-order valence-corrected chi connectivity index (χ1v) is 5.47. The molecule has 1 heterocycles. The maximum absolute atomic E-state index is 13.2. The Morgan fingerprint density at radius 1 is 1.35 bits per heavy atom. The van der Waals surface area contributed by atoms with Crippen LogP contribution < -0.4 is 11.3 Å². The van der Waals surface area contributed by atoms with Crippen molar-refractivity contribution in [3.05, 3.63) is 58.3 Å². The number of furan rings is 1. The fourth-order valence-corrected chi connectivity index (χ4v) is 1.83. The van der Waals surface area contributed by atoms with Crippen molar-refractivity contribution in [2.75, 3.05) is 0 Å². The number of nitrogens with two attached hydrogens (primary N) is 1. The molecule has 3 N–H and O–H groups in total. The molecule has 90 valence electrons. The standard InChI is InChI=1S/C12H12ClFN2O/c1-7-6-8(2-3-9(7)14)12(16-15)10-4-5-11(13)17-10/h2-6,12,16H,15H2,1H3. The quantitative estimate of drug-likeness (QED) is 0.654. The van der Waals surface area contributed by atoms with Crippen molar-refractivity contribution in [2.24, 2.45) is 5.84 Å². The summed E-state index contributed by atoms with van der Waals surface area (Å²) in [5.41, 5.74) is 3.99. The van der Waals surface area contributed by atoms with E-state index in [1.54, 1.807) is 31.2 Å². The summed E-state index contributed by atoms with van der Waals surface area (Å²) in [6, 6.07) is 7.80. The molecule has 0 aliphatic carbocycles. The van der Waals surface area contributed by atoms with E-state index in [1.807, 2.05) is 0 Å². The van der Waals surface area contributed by atoms with E-state index >= 15 is 0 Å². The van der Waals surface area contributed by atoms with Gasteiger partial charge in [-0.3, -0.25) is 5.84 Å². The molecule has 0 saturated heterocycles. The minimum atomic E-state index is -0.346. The Labute approximate surface area is 103 Å². The number of aryl methyl sites for hydroxylation is 1. The van der Waals surface area contributed by atoms with Gasteiger partial charge in [-0.05, 0) is 47.9 Å². The lowest BCUT2D eigenvalue weighted by Gasteiger charge is -2.14. The largest absolute Gasteiger partial charge is 0.448 e. The molecule has 2 rings (SSSR count). The Morgan fingerprint density at radius 3 is 2.65 bits per heavy atom. The zero-order valence-corrected chi connectivity index (χ0v) is 9.96. The summed E-state index contributed by atoms with van der Waals surface area (Å²) in [5.74, 6) is 5.83. The summed E-state index contributed by atoms with van der Waals surface area (Å²) >= 11 is 5.71. The molecule has 0 bridgehead atoms. The van der Waals surface area contributed by atoms with Crippen LogP contribution >= 0.6 is 11.6 Å². The summed E-state index contributed by atoms with van der Waals surface area (Å²) in [6.45, 7) is 1.70. The number of halogens is 2. The van der Waals surface area contributed by atoms with Crippen molar-refractivity contribution in [1.82, 2.24) is 5.43 Å². The van der Waals surface area contributed by atoms with Crippen molar-refractivity contribution < 1.29 is 8.81 Å². The van der Waals surface area contributed by atoms with Gasteiger partial charge in [0.25, 0.3) is 0 Å². The molecule has 1 atom stereocenters. The summed E-state index contributed by atoms with van der Waals surface area (Å²) in [4.78, 5) is 0. The van der Waals surface area contributed by atoms with Crippen LogP contribution in [0.5, 0.6) is 0 Å². The third kappa shape index (κ3) is 2.49. The van der Waals surface area contributed by atoms with Crippen molar-refractivity contribution >= 4 is 11.6 Å². The fourth-order valence-electron chi connectivity index (χ4n) is 1.67. The SMILES string of the molecule is Cc1cc(C(NN)c2ccc(Cl)o2)ccc1F. The molecular formula is C12H12ClFN2O. The summed E-state index contributed by atoms with van der Waals surface area (Å²) in [5, 5.41) is 0.291. The van der Waals surface area contributed by atoms with E-state index in [2.05, 4.69) is 5.43 Å². The average Bonchev–Trinajstić information content (AvgIpc) is 2.71. The number of hydrogen-bond donors (Lipinski definition) is 2. The molecule has 3 nitrogen and oxygen atoms in total. The first-order valence-electron chi connectivity index (χ1n) is 5.09. The smallest absolute Gasteiger partial charge is 0.193 e. The van der Waals surface area contributed by atoms with Crippen molar-refractivity contribution in [3.8, 4) is 0 Å². The van der Waals surface area contributed by atoms with Gasteiger partial charge < -0.3 is 4.42 Å². The van der Waals surface area contributed by atoms with Gasteiger partial charge in [0.05, 0.1) is 0 Å². The van der Waals surface area contributed by atoms with E-state index < -0.39 is 0 Å². The van der Waals surface area contributed by atoms with Gasteiger partial charge in [0.1, 0.15) is 17.6 Å². The predicted molar refractivity (Wildman–Crippen MR) is 64.0 cm³/mol. The molecule has 0 fully saturated rings. The number of hydrogen-bond acceptors (Lipinski definition) is 3. The van der Waals surface area contributed by atoms with E-state index in [-0.39, 0.29) is 11.9 Å². The second-order valence-electron chi connectivity index (χ2n) is 3.75. The van der Waals surface area contributed by atoms with Crippen LogP contribution in [0, 0.1) is 12.7 Å². The third-order valence-corrected chi connectivity index (χ3v) is 2.76. The lowest BCUT2D eigenvalue weighted by molar-refractivity contribution is 0.453. The van der Waals surface area contributed by atoms with Crippen LogP contribution in [0.3, 0.4) is 0 Å². The van der Waals surface area contributed by atoms with E-state index in [0.717, 1.165) is 5.56 Å². The minimum Gasteiger partial charge on any atom is -0.448 e. The molecular weight excluding hydrogens is 243 g/mol. The summed E-state index contributed by atoms with van der Waals surface area (Å²) in [6.07, 6.45) is 0. The Bertz CT molecular complexity index is 527. The van der Waals surface area contributed by atoms with E-state index in [1.165, 1.54) is 6.07 Å². The number of benzene rings is 1. The predicted octanol–water partition coefficient (Wildman–Crippen LogP) is 2.93. The van der Waals surface area contributed by atoms with Gasteiger partial charge in [0.2, 0.25) is 0 Å². The van der Waals surface area contributed by atoms with Crippen LogP contribution in [0.4, 0.5) is 4.39 Å². The van der Waals surface area contributed by atoms with Gasteiger partial charge in [0, 0.05) is 0 Å². The van der Waals surface area contributed by atoms with Gasteiger partial charge in [0.15, 0.2) is 5.22 Å². The highest BCUT2D eigenvalue weighted by molar-refractivity contribution is 6.28. The molecule has 0 amide bonds. The maximum Gasteiger partial charge on any atom is 0.193 e. The van der Waals surface area contributed by atoms with Gasteiger partial charge in [-0.1, -0.05) is 12.1 Å². The molecule has 0 aliphatic heterocycles. The topological polar surface area (TPSA) is 51.2 Å². The summed E-state index contributed by atoms with van der Waals surface area (Å²) in [7, 11) is 0. The third-order valence-electron chi connectivity index (χ3n) is 2.56. The lowest BCUT2D eigenvalue weighted by atomic mass is 10.0. The normalized spacial score (nSPS) is 12.7. The highest BCUT2D eigenvalue weighted by Crippen LogP contribution is 2.26. The minimum absolute atomic E-state index is 0.248. The Kier molecular flexibility index (Phi) is 3.47. The second kappa shape index (κ2) is 4.87. The zero-order chi connectivity index (χ0) is 12.4. The monoisotopic (exact) mass is 254 g/mol. The van der Waals surface area contributed by atoms with E-state index in [9.17, 15) is 4.39 Å². The molecule has 17 heavy (non-hydrogen) atoms. The number of nitrogens with one attached hydrogen (secondary N) is 1. The van der Waals surface area contributed by atoms with Gasteiger partial charge >= 0.3 is 0 Å². The molecule has 0 radical (unpaired) electrons. The van der Waals surface area contributed by atoms with Crippen molar-refractivity contribution in [1.29, 1.82) is 0 Å². The number of rotatable bonds is 3. The molecule has 1 aromatic heterocycles. The summed E-state index contributed by atoms with van der Waals surface area (Å²) < 4.78 is 18.5. The maximum atomic E-state index is 13.2. The van der Waals surface area contributed by atoms with Crippen LogP contribution in [-0.2, 0) is 0 Å². The van der Waals surface area contributed by atoms with Crippen LogP contribution in [0.1, 0.15) is 22.9 Å². The first-order chi connectivity index (χ1) is 8.11. The molecule has 2 aromatic rings. The Balaban J connectivity index is 2.38. The van der Waals surface area contributed by atoms with E-state index in [4.69, 9.17) is 21.9 Å². The average molecular weight is 255 g/mol. The van der Waals surface area contributed by atoms with Crippen LogP contribution in [0.25, 0.3) is 0 Å². The fraction of sp³-hybridized carbons (Fsp3) is 0.167. The highest BCUT2D eigenvalue weighted by atomic mass is 35.5. The van der Waals surface area contributed by atoms with Crippen LogP contribution in [-0.4, -0.2) is 0 Å². The molecule has 0 aliphatic rings. The molecule has 5 heteroatoms. The molecule has 1 aromatic carbocycles. The van der Waals surface area contributed by atoms with Crippen molar-refractivity contribution in [2.45, 2.75) is 13.0 Å². The first kappa shape index (κ1) is 12.1. The van der Waals surface area contributed by atoms with Crippen molar-refractivity contribution in [3.63, 3.8) is 0 Å². The highest BCUT2D eigenvalue weighted by Gasteiger charge is 2.17. The Morgan fingerprint density at radius 2 is 2.12 bits per heavy atom.